The predicted octanol–water partition coefficient (Wildman–Crippen LogP) is 2.66. The van der Waals surface area contributed by atoms with Crippen LogP contribution in [0.2, 0.25) is 0 Å². The first-order valence-electron chi connectivity index (χ1n) is 6.06. The van der Waals surface area contributed by atoms with E-state index < -0.39 is 0 Å². The quantitative estimate of drug-likeness (QED) is 0.646. The monoisotopic (exact) mass is 234 g/mol. The van der Waals surface area contributed by atoms with Crippen molar-refractivity contribution in [1.29, 1.82) is 0 Å². The molecule has 1 atom stereocenters. The lowest BCUT2D eigenvalue weighted by Gasteiger charge is -2.27. The summed E-state index contributed by atoms with van der Waals surface area (Å²) in [5.74, 6) is 0.646. The molecule has 2 rings (SSSR count). The lowest BCUT2D eigenvalue weighted by atomic mass is 9.90. The first-order chi connectivity index (χ1) is 8.08. The maximum Gasteiger partial charge on any atom is 0.274 e. The van der Waals surface area contributed by atoms with E-state index in [1.807, 2.05) is 6.07 Å². The molecule has 1 aliphatic heterocycles. The Morgan fingerprint density at radius 1 is 1.53 bits per heavy atom. The zero-order valence-corrected chi connectivity index (χ0v) is 10.3. The van der Waals surface area contributed by atoms with E-state index in [4.69, 9.17) is 0 Å². The molecule has 17 heavy (non-hydrogen) atoms. The summed E-state index contributed by atoms with van der Waals surface area (Å²) in [5.41, 5.74) is 2.24. The highest BCUT2D eigenvalue weighted by atomic mass is 16.6. The highest BCUT2D eigenvalue weighted by molar-refractivity contribution is 5.46. The van der Waals surface area contributed by atoms with Gasteiger partial charge in [0.05, 0.1) is 4.92 Å². The molecule has 0 amide bonds. The molecule has 0 aromatic heterocycles. The first kappa shape index (κ1) is 12.0. The van der Waals surface area contributed by atoms with Crippen LogP contribution in [0.1, 0.15) is 31.4 Å². The van der Waals surface area contributed by atoms with E-state index in [2.05, 4.69) is 19.2 Å². The third-order valence-corrected chi connectivity index (χ3v) is 3.23. The minimum absolute atomic E-state index is 0.248. The smallest absolute Gasteiger partial charge is 0.274 e. The number of fused-ring (bicyclic) bond motifs is 1. The average molecular weight is 234 g/mol. The molecule has 4 heteroatoms. The van der Waals surface area contributed by atoms with Crippen LogP contribution in [-0.2, 0) is 13.0 Å². The van der Waals surface area contributed by atoms with Gasteiger partial charge in [-0.1, -0.05) is 26.0 Å². The van der Waals surface area contributed by atoms with E-state index in [0.29, 0.717) is 18.5 Å². The van der Waals surface area contributed by atoms with Crippen molar-refractivity contribution in [2.45, 2.75) is 39.3 Å². The lowest BCUT2D eigenvalue weighted by molar-refractivity contribution is -0.385. The first-order valence-corrected chi connectivity index (χ1v) is 6.06. The standard InChI is InChI=1S/C13H18N2O2/c1-9(2)6-11-7-10-4-3-5-13(15(16)17)12(10)8-14-11/h3-5,9,11,14H,6-8H2,1-2H3. The number of hydrogen-bond donors (Lipinski definition) is 1. The van der Waals surface area contributed by atoms with Crippen molar-refractivity contribution in [2.24, 2.45) is 5.92 Å². The van der Waals surface area contributed by atoms with Gasteiger partial charge in [-0.25, -0.2) is 0 Å². The molecule has 0 saturated carbocycles. The van der Waals surface area contributed by atoms with Gasteiger partial charge in [0, 0.05) is 24.2 Å². The van der Waals surface area contributed by atoms with Gasteiger partial charge < -0.3 is 5.32 Å². The van der Waals surface area contributed by atoms with Crippen molar-refractivity contribution in [3.63, 3.8) is 0 Å². The maximum atomic E-state index is 10.9. The summed E-state index contributed by atoms with van der Waals surface area (Å²) in [6, 6.07) is 5.83. The lowest BCUT2D eigenvalue weighted by Crippen LogP contribution is -2.36. The minimum Gasteiger partial charge on any atom is -0.309 e. The van der Waals surface area contributed by atoms with E-state index in [1.165, 1.54) is 0 Å². The molecule has 1 unspecified atom stereocenters. The summed E-state index contributed by atoms with van der Waals surface area (Å²) in [6.45, 7) is 5.01. The summed E-state index contributed by atoms with van der Waals surface area (Å²) in [4.78, 5) is 10.6. The molecule has 1 aromatic carbocycles. The second-order valence-corrected chi connectivity index (χ2v) is 5.08. The third kappa shape index (κ3) is 2.64. The van der Waals surface area contributed by atoms with Gasteiger partial charge in [0.2, 0.25) is 0 Å². The Labute approximate surface area is 101 Å². The van der Waals surface area contributed by atoms with E-state index >= 15 is 0 Å². The van der Waals surface area contributed by atoms with Crippen LogP contribution in [0.15, 0.2) is 18.2 Å². The number of nitro benzene ring substituents is 1. The largest absolute Gasteiger partial charge is 0.309 e. The van der Waals surface area contributed by atoms with Crippen molar-refractivity contribution >= 4 is 5.69 Å². The molecule has 0 fully saturated rings. The van der Waals surface area contributed by atoms with Crippen molar-refractivity contribution in [3.05, 3.63) is 39.4 Å². The van der Waals surface area contributed by atoms with Gasteiger partial charge in [0.15, 0.2) is 0 Å². The third-order valence-electron chi connectivity index (χ3n) is 3.23. The summed E-state index contributed by atoms with van der Waals surface area (Å²) < 4.78 is 0. The van der Waals surface area contributed by atoms with Crippen LogP contribution in [0.4, 0.5) is 5.69 Å². The fourth-order valence-electron chi connectivity index (χ4n) is 2.51. The second kappa shape index (κ2) is 4.84. The molecule has 0 saturated heterocycles. The van der Waals surface area contributed by atoms with E-state index in [9.17, 15) is 10.1 Å². The number of benzene rings is 1. The molecule has 1 N–H and O–H groups in total. The Morgan fingerprint density at radius 3 is 2.94 bits per heavy atom. The van der Waals surface area contributed by atoms with Crippen LogP contribution < -0.4 is 5.32 Å². The van der Waals surface area contributed by atoms with Gasteiger partial charge in [0.25, 0.3) is 5.69 Å². The average Bonchev–Trinajstić information content (AvgIpc) is 2.26. The Morgan fingerprint density at radius 2 is 2.29 bits per heavy atom. The van der Waals surface area contributed by atoms with E-state index in [1.54, 1.807) is 12.1 Å². The fourth-order valence-corrected chi connectivity index (χ4v) is 2.51. The summed E-state index contributed by atoms with van der Waals surface area (Å²) in [7, 11) is 0. The molecule has 0 radical (unpaired) electrons. The van der Waals surface area contributed by atoms with Crippen molar-refractivity contribution in [1.82, 2.24) is 5.32 Å². The van der Waals surface area contributed by atoms with Gasteiger partial charge in [-0.2, -0.15) is 0 Å². The Kier molecular flexibility index (Phi) is 3.43. The molecule has 0 bridgehead atoms. The minimum atomic E-state index is -0.288. The Hall–Kier alpha value is -1.42. The SMILES string of the molecule is CC(C)CC1Cc2cccc([N+](=O)[O-])c2CN1. The molecule has 1 aliphatic rings. The molecule has 0 aliphatic carbocycles. The van der Waals surface area contributed by atoms with E-state index in [0.717, 1.165) is 24.0 Å². The number of nitro groups is 1. The molecule has 1 heterocycles. The molecular formula is C13H18N2O2. The number of nitrogens with one attached hydrogen (secondary N) is 1. The molecule has 0 spiro atoms. The highest BCUT2D eigenvalue weighted by Crippen LogP contribution is 2.27. The van der Waals surface area contributed by atoms with Crippen LogP contribution in [0.25, 0.3) is 0 Å². The molecule has 92 valence electrons. The predicted molar refractivity (Wildman–Crippen MR) is 66.9 cm³/mol. The summed E-state index contributed by atoms with van der Waals surface area (Å²) >= 11 is 0. The molecular weight excluding hydrogens is 216 g/mol. The number of hydrogen-bond acceptors (Lipinski definition) is 3. The van der Waals surface area contributed by atoms with Crippen molar-refractivity contribution < 1.29 is 4.92 Å². The van der Waals surface area contributed by atoms with Crippen LogP contribution in [0.3, 0.4) is 0 Å². The van der Waals surface area contributed by atoms with Gasteiger partial charge in [-0.15, -0.1) is 0 Å². The van der Waals surface area contributed by atoms with Gasteiger partial charge in [-0.3, -0.25) is 10.1 Å². The Bertz CT molecular complexity index is 429. The van der Waals surface area contributed by atoms with Crippen LogP contribution in [0.5, 0.6) is 0 Å². The summed E-state index contributed by atoms with van der Waals surface area (Å²) in [6.07, 6.45) is 2.01. The number of nitrogens with zero attached hydrogens (tertiary/aromatic N) is 1. The molecule has 4 nitrogen and oxygen atoms in total. The van der Waals surface area contributed by atoms with Crippen molar-refractivity contribution in [2.75, 3.05) is 0 Å². The zero-order valence-electron chi connectivity index (χ0n) is 10.3. The van der Waals surface area contributed by atoms with Gasteiger partial charge >= 0.3 is 0 Å². The topological polar surface area (TPSA) is 55.2 Å². The maximum absolute atomic E-state index is 10.9. The fraction of sp³-hybridized carbons (Fsp3) is 0.538. The summed E-state index contributed by atoms with van der Waals surface area (Å²) in [5, 5.41) is 14.3. The van der Waals surface area contributed by atoms with E-state index in [-0.39, 0.29) is 10.6 Å². The van der Waals surface area contributed by atoms with Gasteiger partial charge in [-0.05, 0) is 24.3 Å². The Balaban J connectivity index is 2.22. The van der Waals surface area contributed by atoms with Crippen LogP contribution in [-0.4, -0.2) is 11.0 Å². The second-order valence-electron chi connectivity index (χ2n) is 5.08. The highest BCUT2D eigenvalue weighted by Gasteiger charge is 2.24. The van der Waals surface area contributed by atoms with Crippen molar-refractivity contribution in [3.8, 4) is 0 Å². The zero-order chi connectivity index (χ0) is 12.4. The number of rotatable bonds is 3. The van der Waals surface area contributed by atoms with Crippen LogP contribution >= 0.6 is 0 Å². The van der Waals surface area contributed by atoms with Crippen LogP contribution in [0, 0.1) is 16.0 Å². The normalized spacial score (nSPS) is 19.1. The van der Waals surface area contributed by atoms with Gasteiger partial charge in [0.1, 0.15) is 0 Å². The molecule has 1 aromatic rings.